The van der Waals surface area contributed by atoms with Gasteiger partial charge in [0.1, 0.15) is 11.8 Å². The molecule has 0 aromatic heterocycles. The molecule has 104 valence electrons. The van der Waals surface area contributed by atoms with Gasteiger partial charge in [-0.05, 0) is 38.1 Å². The average molecular weight is 330 g/mol. The van der Waals surface area contributed by atoms with Crippen molar-refractivity contribution in [3.63, 3.8) is 0 Å². The van der Waals surface area contributed by atoms with E-state index in [4.69, 9.17) is 9.84 Å². The van der Waals surface area contributed by atoms with Crippen molar-refractivity contribution in [3.05, 3.63) is 28.7 Å². The molecule has 2 atom stereocenters. The van der Waals surface area contributed by atoms with Crippen LogP contribution in [0.3, 0.4) is 0 Å². The Balaban J connectivity index is 2.67. The molecule has 1 amide bonds. The van der Waals surface area contributed by atoms with E-state index in [2.05, 4.69) is 15.9 Å². The third kappa shape index (κ3) is 4.24. The number of nitrogens with zero attached hydrogens (tertiary/aromatic N) is 1. The number of amides is 1. The summed E-state index contributed by atoms with van der Waals surface area (Å²) >= 11 is 3.30. The number of hydrogen-bond donors (Lipinski definition) is 1. The lowest BCUT2D eigenvalue weighted by Gasteiger charge is -2.25. The summed E-state index contributed by atoms with van der Waals surface area (Å²) < 4.78 is 6.39. The second-order valence-corrected chi connectivity index (χ2v) is 5.09. The zero-order valence-corrected chi connectivity index (χ0v) is 12.5. The van der Waals surface area contributed by atoms with Crippen LogP contribution in [0.4, 0.5) is 0 Å². The molecule has 1 N–H and O–H groups in total. The van der Waals surface area contributed by atoms with Gasteiger partial charge in [-0.1, -0.05) is 15.9 Å². The Morgan fingerprint density at radius 3 is 2.26 bits per heavy atom. The van der Waals surface area contributed by atoms with Crippen LogP contribution in [-0.2, 0) is 9.59 Å². The minimum Gasteiger partial charge on any atom is -0.481 e. The van der Waals surface area contributed by atoms with E-state index < -0.39 is 18.1 Å². The van der Waals surface area contributed by atoms with Gasteiger partial charge in [-0.3, -0.25) is 4.79 Å². The number of halogens is 1. The molecule has 0 bridgehead atoms. The number of aliphatic carboxylic acids is 1. The Hall–Kier alpha value is -1.56. The van der Waals surface area contributed by atoms with E-state index in [1.54, 1.807) is 31.2 Å². The molecule has 0 fully saturated rings. The third-order valence-electron chi connectivity index (χ3n) is 2.76. The highest BCUT2D eigenvalue weighted by Gasteiger charge is 2.26. The van der Waals surface area contributed by atoms with Gasteiger partial charge < -0.3 is 14.7 Å². The lowest BCUT2D eigenvalue weighted by molar-refractivity contribution is -0.150. The SMILES string of the molecule is CC(Oc1ccc(Br)cc1)C(=O)N(C)C(C)C(=O)O. The lowest BCUT2D eigenvalue weighted by atomic mass is 10.2. The van der Waals surface area contributed by atoms with Gasteiger partial charge in [0.05, 0.1) is 0 Å². The number of carbonyl (C=O) groups is 2. The van der Waals surface area contributed by atoms with Crippen LogP contribution in [0.5, 0.6) is 5.75 Å². The van der Waals surface area contributed by atoms with Crippen molar-refractivity contribution in [1.29, 1.82) is 0 Å². The zero-order valence-electron chi connectivity index (χ0n) is 11.0. The number of ether oxygens (including phenoxy) is 1. The van der Waals surface area contributed by atoms with Crippen molar-refractivity contribution < 1.29 is 19.4 Å². The molecule has 0 spiro atoms. The van der Waals surface area contributed by atoms with Gasteiger partial charge in [0.25, 0.3) is 5.91 Å². The number of rotatable bonds is 5. The monoisotopic (exact) mass is 329 g/mol. The molecule has 5 nitrogen and oxygen atoms in total. The summed E-state index contributed by atoms with van der Waals surface area (Å²) in [5, 5.41) is 8.86. The zero-order chi connectivity index (χ0) is 14.6. The molecule has 0 saturated carbocycles. The lowest BCUT2D eigenvalue weighted by Crippen LogP contribution is -2.46. The standard InChI is InChI=1S/C13H16BrNO4/c1-8(13(17)18)15(3)12(16)9(2)19-11-6-4-10(14)5-7-11/h4-9H,1-3H3,(H,17,18). The predicted molar refractivity (Wildman–Crippen MR) is 74.1 cm³/mol. The first-order chi connectivity index (χ1) is 8.82. The summed E-state index contributed by atoms with van der Waals surface area (Å²) in [4.78, 5) is 24.0. The maximum absolute atomic E-state index is 12.0. The first-order valence-corrected chi connectivity index (χ1v) is 6.54. The van der Waals surface area contributed by atoms with Gasteiger partial charge in [0, 0.05) is 11.5 Å². The minimum atomic E-state index is -1.05. The van der Waals surface area contributed by atoms with Crippen LogP contribution in [0.15, 0.2) is 28.7 Å². The molecule has 0 radical (unpaired) electrons. The molecule has 1 rings (SSSR count). The number of carbonyl (C=O) groups excluding carboxylic acids is 1. The molecule has 19 heavy (non-hydrogen) atoms. The molecule has 0 aliphatic heterocycles. The van der Waals surface area contributed by atoms with E-state index in [1.165, 1.54) is 14.0 Å². The molecule has 2 unspecified atom stereocenters. The number of likely N-dealkylation sites (N-methyl/N-ethyl adjacent to an activating group) is 1. The quantitative estimate of drug-likeness (QED) is 0.898. The van der Waals surface area contributed by atoms with Crippen LogP contribution < -0.4 is 4.74 Å². The van der Waals surface area contributed by atoms with Crippen molar-refractivity contribution in [2.24, 2.45) is 0 Å². The van der Waals surface area contributed by atoms with Gasteiger partial charge in [-0.2, -0.15) is 0 Å². The van der Waals surface area contributed by atoms with Gasteiger partial charge in [0.15, 0.2) is 6.10 Å². The number of hydrogen-bond acceptors (Lipinski definition) is 3. The molecular formula is C13H16BrNO4. The summed E-state index contributed by atoms with van der Waals surface area (Å²) in [5.41, 5.74) is 0. The summed E-state index contributed by atoms with van der Waals surface area (Å²) in [6, 6.07) is 6.18. The summed E-state index contributed by atoms with van der Waals surface area (Å²) in [7, 11) is 1.45. The van der Waals surface area contributed by atoms with E-state index >= 15 is 0 Å². The van der Waals surface area contributed by atoms with Crippen LogP contribution in [0, 0.1) is 0 Å². The maximum atomic E-state index is 12.0. The predicted octanol–water partition coefficient (Wildman–Crippen LogP) is 2.15. The smallest absolute Gasteiger partial charge is 0.326 e. The number of carboxylic acids is 1. The number of benzene rings is 1. The van der Waals surface area contributed by atoms with Crippen LogP contribution in [-0.4, -0.2) is 41.1 Å². The second kappa shape index (κ2) is 6.56. The van der Waals surface area contributed by atoms with Crippen molar-refractivity contribution in [2.75, 3.05) is 7.05 Å². The fraction of sp³-hybridized carbons (Fsp3) is 0.385. The van der Waals surface area contributed by atoms with Crippen LogP contribution >= 0.6 is 15.9 Å². The topological polar surface area (TPSA) is 66.8 Å². The second-order valence-electron chi connectivity index (χ2n) is 4.18. The van der Waals surface area contributed by atoms with Crippen molar-refractivity contribution >= 4 is 27.8 Å². The fourth-order valence-corrected chi connectivity index (χ4v) is 1.68. The molecular weight excluding hydrogens is 314 g/mol. The average Bonchev–Trinajstić information content (AvgIpc) is 2.38. The molecule has 1 aromatic rings. The Morgan fingerprint density at radius 2 is 1.79 bits per heavy atom. The molecule has 0 heterocycles. The maximum Gasteiger partial charge on any atom is 0.326 e. The van der Waals surface area contributed by atoms with Crippen LogP contribution in [0.1, 0.15) is 13.8 Å². The molecule has 1 aromatic carbocycles. The molecule has 0 aliphatic rings. The first-order valence-electron chi connectivity index (χ1n) is 5.74. The largest absolute Gasteiger partial charge is 0.481 e. The van der Waals surface area contributed by atoms with E-state index in [9.17, 15) is 9.59 Å². The third-order valence-corrected chi connectivity index (χ3v) is 3.29. The van der Waals surface area contributed by atoms with Crippen LogP contribution in [0.25, 0.3) is 0 Å². The van der Waals surface area contributed by atoms with Crippen molar-refractivity contribution in [1.82, 2.24) is 4.90 Å². The minimum absolute atomic E-state index is 0.377. The summed E-state index contributed by atoms with van der Waals surface area (Å²) in [5.74, 6) is -0.870. The molecule has 0 aliphatic carbocycles. The van der Waals surface area contributed by atoms with E-state index in [-0.39, 0.29) is 5.91 Å². The normalized spacial score (nSPS) is 13.5. The summed E-state index contributed by atoms with van der Waals surface area (Å²) in [6.45, 7) is 3.04. The Morgan fingerprint density at radius 1 is 1.26 bits per heavy atom. The fourth-order valence-electron chi connectivity index (χ4n) is 1.41. The van der Waals surface area contributed by atoms with E-state index in [0.29, 0.717) is 5.75 Å². The van der Waals surface area contributed by atoms with E-state index in [1.807, 2.05) is 0 Å². The Labute approximate surface area is 120 Å². The molecule has 0 saturated heterocycles. The van der Waals surface area contributed by atoms with Gasteiger partial charge in [-0.25, -0.2) is 4.79 Å². The van der Waals surface area contributed by atoms with Gasteiger partial charge in [-0.15, -0.1) is 0 Å². The molecule has 6 heteroatoms. The van der Waals surface area contributed by atoms with E-state index in [0.717, 1.165) is 9.37 Å². The van der Waals surface area contributed by atoms with Crippen molar-refractivity contribution in [3.8, 4) is 5.75 Å². The summed E-state index contributed by atoms with van der Waals surface area (Å²) in [6.07, 6.45) is -0.743. The first kappa shape index (κ1) is 15.5. The van der Waals surface area contributed by atoms with Gasteiger partial charge >= 0.3 is 5.97 Å². The van der Waals surface area contributed by atoms with Crippen molar-refractivity contribution in [2.45, 2.75) is 26.0 Å². The van der Waals surface area contributed by atoms with Crippen LogP contribution in [0.2, 0.25) is 0 Å². The highest BCUT2D eigenvalue weighted by atomic mass is 79.9. The highest BCUT2D eigenvalue weighted by molar-refractivity contribution is 9.10. The number of carboxylic acid groups (broad SMARTS) is 1. The van der Waals surface area contributed by atoms with Gasteiger partial charge in [0.2, 0.25) is 0 Å². The Kier molecular flexibility index (Phi) is 5.35. The Bertz CT molecular complexity index is 460. The highest BCUT2D eigenvalue weighted by Crippen LogP contribution is 2.17.